The second-order valence-electron chi connectivity index (χ2n) is 7.13. The molecule has 0 aliphatic heterocycles. The number of hydrogen-bond acceptors (Lipinski definition) is 2. The van der Waals surface area contributed by atoms with E-state index in [1.54, 1.807) is 0 Å². The first-order chi connectivity index (χ1) is 8.96. The number of hydrogen-bond donors (Lipinski definition) is 2. The van der Waals surface area contributed by atoms with Crippen molar-refractivity contribution in [2.45, 2.75) is 58.0 Å². The van der Waals surface area contributed by atoms with Gasteiger partial charge in [-0.2, -0.15) is 0 Å². The lowest BCUT2D eigenvalue weighted by molar-refractivity contribution is 0.329. The molecule has 1 aliphatic carbocycles. The molecule has 2 nitrogen and oxygen atoms in total. The average molecular weight is 260 g/mol. The summed E-state index contributed by atoms with van der Waals surface area (Å²) in [6.07, 6.45) is 3.45. The Labute approximate surface area is 117 Å². The predicted molar refractivity (Wildman–Crippen MR) is 82.3 cm³/mol. The first-order valence-corrected chi connectivity index (χ1v) is 7.49. The molecule has 0 heterocycles. The maximum Gasteiger partial charge on any atom is 0.0143 e. The van der Waals surface area contributed by atoms with Gasteiger partial charge in [0.1, 0.15) is 0 Å². The van der Waals surface area contributed by atoms with Crippen molar-refractivity contribution in [3.05, 3.63) is 35.9 Å². The number of benzene rings is 1. The highest BCUT2D eigenvalue weighted by Crippen LogP contribution is 2.40. The summed E-state index contributed by atoms with van der Waals surface area (Å²) in [6.45, 7) is 7.82. The van der Waals surface area contributed by atoms with Crippen LogP contribution in [0, 0.1) is 5.41 Å². The normalized spacial score (nSPS) is 24.2. The molecule has 1 fully saturated rings. The van der Waals surface area contributed by atoms with Crippen molar-refractivity contribution in [1.29, 1.82) is 0 Å². The largest absolute Gasteiger partial charge is 0.328 e. The number of nitrogens with one attached hydrogen (secondary N) is 1. The Balaban J connectivity index is 1.63. The van der Waals surface area contributed by atoms with Crippen molar-refractivity contribution in [3.63, 3.8) is 0 Å². The Morgan fingerprint density at radius 1 is 1.26 bits per heavy atom. The van der Waals surface area contributed by atoms with Crippen molar-refractivity contribution in [3.8, 4) is 0 Å². The zero-order valence-electron chi connectivity index (χ0n) is 12.5. The molecule has 2 rings (SSSR count). The van der Waals surface area contributed by atoms with E-state index < -0.39 is 0 Å². The fraction of sp³-hybridized carbons (Fsp3) is 0.647. The Morgan fingerprint density at radius 3 is 2.58 bits per heavy atom. The molecule has 3 N–H and O–H groups in total. The van der Waals surface area contributed by atoms with Gasteiger partial charge in [-0.1, -0.05) is 51.1 Å². The van der Waals surface area contributed by atoms with Crippen LogP contribution in [-0.4, -0.2) is 18.6 Å². The van der Waals surface area contributed by atoms with Crippen LogP contribution in [0.3, 0.4) is 0 Å². The Bertz CT molecular complexity index is 380. The molecule has 1 aliphatic rings. The fourth-order valence-electron chi connectivity index (χ4n) is 2.83. The molecule has 2 heteroatoms. The van der Waals surface area contributed by atoms with Crippen LogP contribution >= 0.6 is 0 Å². The standard InChI is InChI=1S/C17H28N2/c1-17(2,3)12-14(18)9-10-19-16-11-15(16)13-7-5-4-6-8-13/h4-8,14-16,19H,9-12,18H2,1-3H3. The highest BCUT2D eigenvalue weighted by molar-refractivity contribution is 5.27. The maximum absolute atomic E-state index is 6.17. The summed E-state index contributed by atoms with van der Waals surface area (Å²) in [5.41, 5.74) is 7.98. The fourth-order valence-corrected chi connectivity index (χ4v) is 2.83. The molecule has 0 saturated heterocycles. The van der Waals surface area contributed by atoms with Crippen molar-refractivity contribution in [2.75, 3.05) is 6.54 Å². The monoisotopic (exact) mass is 260 g/mol. The van der Waals surface area contributed by atoms with Crippen LogP contribution < -0.4 is 11.1 Å². The molecule has 1 aromatic carbocycles. The third-order valence-electron chi connectivity index (χ3n) is 3.81. The summed E-state index contributed by atoms with van der Waals surface area (Å²) in [5.74, 6) is 0.722. The minimum absolute atomic E-state index is 0.321. The summed E-state index contributed by atoms with van der Waals surface area (Å²) in [6, 6.07) is 11.8. The maximum atomic E-state index is 6.17. The molecule has 0 amide bonds. The summed E-state index contributed by atoms with van der Waals surface area (Å²) in [4.78, 5) is 0. The number of nitrogens with two attached hydrogens (primary N) is 1. The average Bonchev–Trinajstić information content (AvgIpc) is 3.07. The summed E-state index contributed by atoms with van der Waals surface area (Å²) in [5, 5.41) is 3.64. The second kappa shape index (κ2) is 6.06. The van der Waals surface area contributed by atoms with Crippen LogP contribution in [-0.2, 0) is 0 Å². The van der Waals surface area contributed by atoms with Gasteiger partial charge in [-0.25, -0.2) is 0 Å². The first kappa shape index (κ1) is 14.5. The molecule has 3 atom stereocenters. The van der Waals surface area contributed by atoms with E-state index in [0.29, 0.717) is 17.5 Å². The van der Waals surface area contributed by atoms with Crippen LogP contribution in [0.15, 0.2) is 30.3 Å². The van der Waals surface area contributed by atoms with Gasteiger partial charge in [0, 0.05) is 18.0 Å². The van der Waals surface area contributed by atoms with Crippen molar-refractivity contribution < 1.29 is 0 Å². The summed E-state index contributed by atoms with van der Waals surface area (Å²) >= 11 is 0. The molecule has 0 bridgehead atoms. The van der Waals surface area contributed by atoms with E-state index in [0.717, 1.165) is 25.3 Å². The van der Waals surface area contributed by atoms with E-state index in [-0.39, 0.29) is 0 Å². The van der Waals surface area contributed by atoms with Crippen LogP contribution in [0.2, 0.25) is 0 Å². The van der Waals surface area contributed by atoms with Gasteiger partial charge >= 0.3 is 0 Å². The van der Waals surface area contributed by atoms with Gasteiger partial charge in [-0.3, -0.25) is 0 Å². The van der Waals surface area contributed by atoms with E-state index in [1.807, 2.05) is 0 Å². The smallest absolute Gasteiger partial charge is 0.0143 e. The lowest BCUT2D eigenvalue weighted by Gasteiger charge is -2.23. The SMILES string of the molecule is CC(C)(C)CC(N)CCNC1CC1c1ccccc1. The predicted octanol–water partition coefficient (Wildman–Crippen LogP) is 3.29. The zero-order chi connectivity index (χ0) is 13.9. The molecule has 1 aromatic rings. The van der Waals surface area contributed by atoms with Crippen LogP contribution in [0.25, 0.3) is 0 Å². The van der Waals surface area contributed by atoms with Crippen LogP contribution in [0.5, 0.6) is 0 Å². The summed E-state index contributed by atoms with van der Waals surface area (Å²) in [7, 11) is 0. The molecule has 0 radical (unpaired) electrons. The van der Waals surface area contributed by atoms with E-state index in [2.05, 4.69) is 56.4 Å². The van der Waals surface area contributed by atoms with Gasteiger partial charge in [-0.05, 0) is 36.8 Å². The van der Waals surface area contributed by atoms with Crippen molar-refractivity contribution >= 4 is 0 Å². The van der Waals surface area contributed by atoms with E-state index in [4.69, 9.17) is 5.73 Å². The lowest BCUT2D eigenvalue weighted by Crippen LogP contribution is -2.31. The number of rotatable bonds is 6. The first-order valence-electron chi connectivity index (χ1n) is 7.49. The van der Waals surface area contributed by atoms with Crippen LogP contribution in [0.4, 0.5) is 0 Å². The molecule has 0 spiro atoms. The summed E-state index contributed by atoms with van der Waals surface area (Å²) < 4.78 is 0. The van der Waals surface area contributed by atoms with Gasteiger partial charge in [0.05, 0.1) is 0 Å². The molecule has 106 valence electrons. The second-order valence-corrected chi connectivity index (χ2v) is 7.13. The Kier molecular flexibility index (Phi) is 4.64. The van der Waals surface area contributed by atoms with E-state index in [9.17, 15) is 0 Å². The van der Waals surface area contributed by atoms with Gasteiger partial charge in [-0.15, -0.1) is 0 Å². The molecule has 1 saturated carbocycles. The highest BCUT2D eigenvalue weighted by Gasteiger charge is 2.37. The Hall–Kier alpha value is -0.860. The van der Waals surface area contributed by atoms with Crippen LogP contribution in [0.1, 0.15) is 51.5 Å². The minimum atomic E-state index is 0.321. The van der Waals surface area contributed by atoms with Gasteiger partial charge < -0.3 is 11.1 Å². The molecule has 3 unspecified atom stereocenters. The van der Waals surface area contributed by atoms with Gasteiger partial charge in [0.2, 0.25) is 0 Å². The molecule has 19 heavy (non-hydrogen) atoms. The van der Waals surface area contributed by atoms with Crippen molar-refractivity contribution in [2.24, 2.45) is 11.1 Å². The Morgan fingerprint density at radius 2 is 1.95 bits per heavy atom. The van der Waals surface area contributed by atoms with Gasteiger partial charge in [0.25, 0.3) is 0 Å². The third kappa shape index (κ3) is 4.96. The minimum Gasteiger partial charge on any atom is -0.328 e. The van der Waals surface area contributed by atoms with E-state index in [1.165, 1.54) is 12.0 Å². The van der Waals surface area contributed by atoms with Gasteiger partial charge in [0.15, 0.2) is 0 Å². The lowest BCUT2D eigenvalue weighted by atomic mass is 9.87. The zero-order valence-corrected chi connectivity index (χ0v) is 12.5. The van der Waals surface area contributed by atoms with Crippen molar-refractivity contribution in [1.82, 2.24) is 5.32 Å². The molecular weight excluding hydrogens is 232 g/mol. The quantitative estimate of drug-likeness (QED) is 0.823. The molecular formula is C17H28N2. The van der Waals surface area contributed by atoms with E-state index >= 15 is 0 Å². The molecule has 0 aromatic heterocycles. The third-order valence-corrected chi connectivity index (χ3v) is 3.81. The topological polar surface area (TPSA) is 38.0 Å². The highest BCUT2D eigenvalue weighted by atomic mass is 15.0.